The van der Waals surface area contributed by atoms with E-state index in [1.807, 2.05) is 36.4 Å². The predicted molar refractivity (Wildman–Crippen MR) is 79.5 cm³/mol. The monoisotopic (exact) mass is 272 g/mol. The van der Waals surface area contributed by atoms with Crippen molar-refractivity contribution in [1.82, 2.24) is 4.98 Å². The maximum Gasteiger partial charge on any atom is 0.155 e. The first kappa shape index (κ1) is 14.6. The van der Waals surface area contributed by atoms with Crippen LogP contribution in [-0.2, 0) is 16.0 Å². The predicted octanol–water partition coefficient (Wildman–Crippen LogP) is 2.10. The number of rotatable bonds is 7. The van der Waals surface area contributed by atoms with Crippen molar-refractivity contribution in [2.24, 2.45) is 5.73 Å². The molecule has 1 unspecified atom stereocenters. The third-order valence-corrected chi connectivity index (χ3v) is 3.29. The Hall–Kier alpha value is -1.78. The van der Waals surface area contributed by atoms with Crippen molar-refractivity contribution in [3.05, 3.63) is 42.1 Å². The molecule has 0 amide bonds. The number of ether oxygens (including phenoxy) is 1. The molecule has 0 saturated carbocycles. The smallest absolute Gasteiger partial charge is 0.155 e. The number of nitrogens with zero attached hydrogens (tertiary/aromatic N) is 1. The molecule has 20 heavy (non-hydrogen) atoms. The zero-order chi connectivity index (χ0) is 14.4. The molecule has 0 saturated heterocycles. The number of methoxy groups -OCH3 is 1. The lowest BCUT2D eigenvalue weighted by atomic mass is 10.0. The van der Waals surface area contributed by atoms with E-state index < -0.39 is 6.04 Å². The molecule has 1 aromatic heterocycles. The minimum Gasteiger partial charge on any atom is -0.385 e. The first-order valence-electron chi connectivity index (χ1n) is 6.82. The molecule has 1 aromatic carbocycles. The first-order valence-corrected chi connectivity index (χ1v) is 6.82. The highest BCUT2D eigenvalue weighted by molar-refractivity contribution is 5.86. The average molecular weight is 272 g/mol. The van der Waals surface area contributed by atoms with E-state index in [0.29, 0.717) is 19.4 Å². The minimum absolute atomic E-state index is 0.0314. The molecular formula is C16H20N2O2. The van der Waals surface area contributed by atoms with Crippen LogP contribution in [0.1, 0.15) is 18.5 Å². The van der Waals surface area contributed by atoms with E-state index in [4.69, 9.17) is 10.5 Å². The van der Waals surface area contributed by atoms with Crippen LogP contribution in [-0.4, -0.2) is 30.5 Å². The lowest BCUT2D eigenvalue weighted by Gasteiger charge is -2.10. The summed E-state index contributed by atoms with van der Waals surface area (Å²) in [6.45, 7) is 0.634. The lowest BCUT2D eigenvalue weighted by molar-refractivity contribution is -0.119. The molecule has 0 aliphatic rings. The number of fused-ring (bicyclic) bond motifs is 1. The quantitative estimate of drug-likeness (QED) is 0.784. The minimum atomic E-state index is -0.432. The summed E-state index contributed by atoms with van der Waals surface area (Å²) < 4.78 is 4.96. The molecule has 106 valence electrons. The van der Waals surface area contributed by atoms with Gasteiger partial charge in [-0.3, -0.25) is 9.78 Å². The molecule has 0 radical (unpaired) electrons. The van der Waals surface area contributed by atoms with Gasteiger partial charge in [0.2, 0.25) is 0 Å². The van der Waals surface area contributed by atoms with Crippen LogP contribution in [0.15, 0.2) is 36.4 Å². The summed E-state index contributed by atoms with van der Waals surface area (Å²) in [5, 5.41) is 1.08. The van der Waals surface area contributed by atoms with Gasteiger partial charge in [0.25, 0.3) is 0 Å². The zero-order valence-electron chi connectivity index (χ0n) is 11.7. The summed E-state index contributed by atoms with van der Waals surface area (Å²) in [6.07, 6.45) is 1.74. The highest BCUT2D eigenvalue weighted by Crippen LogP contribution is 2.12. The van der Waals surface area contributed by atoms with Crippen LogP contribution in [0.3, 0.4) is 0 Å². The third kappa shape index (κ3) is 3.85. The summed E-state index contributed by atoms with van der Waals surface area (Å²) in [5.41, 5.74) is 7.57. The van der Waals surface area contributed by atoms with E-state index in [-0.39, 0.29) is 5.78 Å². The first-order chi connectivity index (χ1) is 9.70. The molecule has 0 aliphatic heterocycles. The molecule has 1 heterocycles. The number of carbonyl (C=O) groups excluding carboxylic acids is 1. The van der Waals surface area contributed by atoms with Gasteiger partial charge in [-0.25, -0.2) is 0 Å². The van der Waals surface area contributed by atoms with Crippen molar-refractivity contribution in [1.29, 1.82) is 0 Å². The Morgan fingerprint density at radius 3 is 2.90 bits per heavy atom. The number of ketones is 1. The Morgan fingerprint density at radius 1 is 1.30 bits per heavy atom. The van der Waals surface area contributed by atoms with Gasteiger partial charge in [-0.1, -0.05) is 24.3 Å². The average Bonchev–Trinajstić information content (AvgIpc) is 2.47. The number of para-hydroxylation sites is 1. The van der Waals surface area contributed by atoms with Gasteiger partial charge in [0.15, 0.2) is 5.78 Å². The second kappa shape index (κ2) is 7.12. The maximum atomic E-state index is 12.0. The Labute approximate surface area is 119 Å². The van der Waals surface area contributed by atoms with Gasteiger partial charge in [-0.2, -0.15) is 0 Å². The third-order valence-electron chi connectivity index (χ3n) is 3.29. The van der Waals surface area contributed by atoms with E-state index in [2.05, 4.69) is 4.98 Å². The summed E-state index contributed by atoms with van der Waals surface area (Å²) in [6, 6.07) is 11.3. The van der Waals surface area contributed by atoms with Crippen molar-refractivity contribution >= 4 is 16.7 Å². The number of nitrogens with two attached hydrogens (primary N) is 1. The van der Waals surface area contributed by atoms with Crippen LogP contribution in [0, 0.1) is 0 Å². The number of pyridine rings is 1. The molecule has 2 N–H and O–H groups in total. The highest BCUT2D eigenvalue weighted by Gasteiger charge is 2.14. The fourth-order valence-electron chi connectivity index (χ4n) is 2.12. The Bertz CT molecular complexity index is 583. The van der Waals surface area contributed by atoms with E-state index in [9.17, 15) is 4.79 Å². The molecule has 4 heteroatoms. The number of carbonyl (C=O) groups is 1. The molecule has 0 spiro atoms. The van der Waals surface area contributed by atoms with E-state index in [1.165, 1.54) is 0 Å². The Balaban J connectivity index is 1.98. The molecule has 0 aliphatic carbocycles. The summed E-state index contributed by atoms with van der Waals surface area (Å²) in [7, 11) is 1.65. The van der Waals surface area contributed by atoms with Crippen molar-refractivity contribution in [3.8, 4) is 0 Å². The largest absolute Gasteiger partial charge is 0.385 e. The Morgan fingerprint density at radius 2 is 2.10 bits per heavy atom. The standard InChI is InChI=1S/C16H20N2O2/c1-20-10-4-6-14(17)16(19)11-13-9-8-12-5-2-3-7-15(12)18-13/h2-3,5,7-9,14H,4,6,10-11,17H2,1H3. The van der Waals surface area contributed by atoms with E-state index >= 15 is 0 Å². The molecule has 0 fully saturated rings. The normalized spacial score (nSPS) is 12.5. The summed E-state index contributed by atoms with van der Waals surface area (Å²) in [4.78, 5) is 16.5. The topological polar surface area (TPSA) is 65.2 Å². The van der Waals surface area contributed by atoms with Gasteiger partial charge in [0, 0.05) is 24.8 Å². The Kier molecular flexibility index (Phi) is 5.21. The van der Waals surface area contributed by atoms with Crippen LogP contribution in [0.5, 0.6) is 0 Å². The number of hydrogen-bond acceptors (Lipinski definition) is 4. The van der Waals surface area contributed by atoms with Gasteiger partial charge in [-0.05, 0) is 25.0 Å². The summed E-state index contributed by atoms with van der Waals surface area (Å²) in [5.74, 6) is 0.0314. The van der Waals surface area contributed by atoms with E-state index in [0.717, 1.165) is 23.0 Å². The molecule has 1 atom stereocenters. The lowest BCUT2D eigenvalue weighted by Crippen LogP contribution is -2.32. The van der Waals surface area contributed by atoms with Crippen molar-refractivity contribution < 1.29 is 9.53 Å². The number of benzene rings is 1. The van der Waals surface area contributed by atoms with Crippen LogP contribution < -0.4 is 5.73 Å². The van der Waals surface area contributed by atoms with Crippen molar-refractivity contribution in [2.45, 2.75) is 25.3 Å². The fourth-order valence-corrected chi connectivity index (χ4v) is 2.12. The second-order valence-electron chi connectivity index (χ2n) is 4.88. The molecule has 4 nitrogen and oxygen atoms in total. The molecular weight excluding hydrogens is 252 g/mol. The maximum absolute atomic E-state index is 12.0. The second-order valence-corrected chi connectivity index (χ2v) is 4.88. The van der Waals surface area contributed by atoms with Gasteiger partial charge < -0.3 is 10.5 Å². The highest BCUT2D eigenvalue weighted by atomic mass is 16.5. The van der Waals surface area contributed by atoms with Gasteiger partial charge in [0.05, 0.1) is 18.0 Å². The SMILES string of the molecule is COCCCC(N)C(=O)Cc1ccc2ccccc2n1. The van der Waals surface area contributed by atoms with Crippen LogP contribution in [0.4, 0.5) is 0 Å². The van der Waals surface area contributed by atoms with Gasteiger partial charge in [0.1, 0.15) is 0 Å². The summed E-state index contributed by atoms with van der Waals surface area (Å²) >= 11 is 0. The van der Waals surface area contributed by atoms with Gasteiger partial charge >= 0.3 is 0 Å². The molecule has 0 bridgehead atoms. The van der Waals surface area contributed by atoms with E-state index in [1.54, 1.807) is 7.11 Å². The molecule has 2 rings (SSSR count). The van der Waals surface area contributed by atoms with Gasteiger partial charge in [-0.15, -0.1) is 0 Å². The number of Topliss-reactive ketones (excluding diaryl/α,β-unsaturated/α-hetero) is 1. The van der Waals surface area contributed by atoms with Crippen molar-refractivity contribution in [3.63, 3.8) is 0 Å². The van der Waals surface area contributed by atoms with Crippen LogP contribution >= 0.6 is 0 Å². The number of hydrogen-bond donors (Lipinski definition) is 1. The van der Waals surface area contributed by atoms with Crippen LogP contribution in [0.25, 0.3) is 10.9 Å². The van der Waals surface area contributed by atoms with Crippen molar-refractivity contribution in [2.75, 3.05) is 13.7 Å². The molecule has 2 aromatic rings. The number of aromatic nitrogens is 1. The zero-order valence-corrected chi connectivity index (χ0v) is 11.7. The van der Waals surface area contributed by atoms with Crippen LogP contribution in [0.2, 0.25) is 0 Å². The fraction of sp³-hybridized carbons (Fsp3) is 0.375.